The van der Waals surface area contributed by atoms with Crippen LogP contribution >= 0.6 is 0 Å². The predicted molar refractivity (Wildman–Crippen MR) is 417 cm³/mol. The first kappa shape index (κ1) is 90.7. The molecule has 0 spiro atoms. The molecule has 0 aliphatic carbocycles. The van der Waals surface area contributed by atoms with E-state index in [-0.39, 0.29) is 152 Å². The number of nitrogens with one attached hydrogen (secondary N) is 10. The lowest BCUT2D eigenvalue weighted by molar-refractivity contribution is -0.142. The van der Waals surface area contributed by atoms with Gasteiger partial charge >= 0.3 is 0 Å². The minimum atomic E-state index is -1.48. The normalized spacial score (nSPS) is 15.0. The van der Waals surface area contributed by atoms with E-state index in [9.17, 15) is 57.5 Å². The van der Waals surface area contributed by atoms with Crippen LogP contribution in [0.25, 0.3) is 0 Å². The number of hydrogen-bond donors (Lipinski definition) is 20. The molecule has 0 unspecified atom stereocenters. The van der Waals surface area contributed by atoms with Crippen LogP contribution in [0, 0.1) is 5.92 Å². The number of likely N-dealkylation sites (tertiary alicyclic amines) is 1. The third kappa shape index (κ3) is 34.5. The van der Waals surface area contributed by atoms with Crippen LogP contribution in [-0.4, -0.2) is 205 Å². The highest BCUT2D eigenvalue weighted by Gasteiger charge is 2.40. The van der Waals surface area contributed by atoms with Crippen molar-refractivity contribution in [3.05, 3.63) is 108 Å². The first-order valence-electron chi connectivity index (χ1n) is 37.0. The largest absolute Gasteiger partial charge is 0.370 e. The van der Waals surface area contributed by atoms with Crippen molar-refractivity contribution >= 4 is 94.7 Å². The monoisotopic (exact) mass is 1530 g/mol. The predicted octanol–water partition coefficient (Wildman–Crippen LogP) is -4.53. The molecule has 0 saturated carbocycles. The fourth-order valence-corrected chi connectivity index (χ4v) is 12.1. The lowest BCUT2D eigenvalue weighted by atomic mass is 10.00. The van der Waals surface area contributed by atoms with E-state index >= 15 is 0 Å². The molecular formula is C73H115N25O12. The van der Waals surface area contributed by atoms with Crippen molar-refractivity contribution in [1.82, 2.24) is 58.1 Å². The summed E-state index contributed by atoms with van der Waals surface area (Å²) < 4.78 is 0. The zero-order valence-corrected chi connectivity index (χ0v) is 63.3. The maximum absolute atomic E-state index is 15.0. The quantitative estimate of drug-likeness (QED) is 0.0144. The highest BCUT2D eigenvalue weighted by atomic mass is 16.2. The lowest BCUT2D eigenvalue weighted by Gasteiger charge is -2.30. The Morgan fingerprint density at radius 3 is 1.08 bits per heavy atom. The zero-order valence-electron chi connectivity index (χ0n) is 63.3. The van der Waals surface area contributed by atoms with Gasteiger partial charge in [-0.05, 0) is 126 Å². The number of benzene rings is 3. The molecule has 110 heavy (non-hydrogen) atoms. The molecule has 37 heteroatoms. The Hall–Kier alpha value is -11.7. The van der Waals surface area contributed by atoms with Gasteiger partial charge in [-0.15, -0.1) is 0 Å². The Labute approximate surface area is 641 Å². The van der Waals surface area contributed by atoms with Crippen LogP contribution in [0.2, 0.25) is 0 Å². The van der Waals surface area contributed by atoms with Gasteiger partial charge in [0.15, 0.2) is 23.8 Å². The summed E-state index contributed by atoms with van der Waals surface area (Å²) in [5, 5.41) is 27.3. The van der Waals surface area contributed by atoms with Gasteiger partial charge < -0.3 is 115 Å². The van der Waals surface area contributed by atoms with Crippen LogP contribution in [0.1, 0.15) is 134 Å². The van der Waals surface area contributed by atoms with Gasteiger partial charge in [-0.2, -0.15) is 0 Å². The molecule has 30 N–H and O–H groups in total. The fraction of sp³-hybridized carbons (Fsp3) is 0.534. The van der Waals surface area contributed by atoms with Crippen molar-refractivity contribution < 1.29 is 57.5 Å². The zero-order chi connectivity index (χ0) is 81.2. The molecular weight excluding hydrogens is 1420 g/mol. The Kier molecular flexibility index (Phi) is 40.1. The van der Waals surface area contributed by atoms with Gasteiger partial charge in [0.1, 0.15) is 66.5 Å². The van der Waals surface area contributed by atoms with Gasteiger partial charge in [0.05, 0.1) is 0 Å². The summed E-state index contributed by atoms with van der Waals surface area (Å²) in [4.78, 5) is 188. The van der Waals surface area contributed by atoms with Crippen molar-refractivity contribution in [3.63, 3.8) is 0 Å². The molecule has 1 heterocycles. The maximum atomic E-state index is 15.0. The fourth-order valence-electron chi connectivity index (χ4n) is 12.1. The molecule has 4 rings (SSSR count). The van der Waals surface area contributed by atoms with Crippen molar-refractivity contribution in [3.8, 4) is 0 Å². The lowest BCUT2D eigenvalue weighted by Crippen LogP contribution is -2.61. The topological polar surface area (TPSA) is 638 Å². The van der Waals surface area contributed by atoms with Gasteiger partial charge in [0, 0.05) is 58.9 Å². The van der Waals surface area contributed by atoms with Crippen LogP contribution in [0.15, 0.2) is 111 Å². The summed E-state index contributed by atoms with van der Waals surface area (Å²) in [6.45, 7) is 6.63. The van der Waals surface area contributed by atoms with Crippen LogP contribution < -0.4 is 111 Å². The van der Waals surface area contributed by atoms with Gasteiger partial charge in [-0.1, -0.05) is 105 Å². The number of nitrogens with zero attached hydrogens (tertiary/aromatic N) is 5. The standard InChI is InChI=1S/C73H115N25O12/c1-43(2)39-54(95-63(104)52(30-18-36-86-72(80)81)93-66(107)56(41-47-23-10-6-11-24-47)97-67(108)57(42-48-25-12-7-13-26-48)96-65(106)55(89-45(4)99)40-46-21-8-5-9-22-46)64(105)92-51(29-17-35-85-71(78)79)62(103)91-50(28-16-34-84-70(76)77)61(102)88-44(3)60(101)94-53(31-19-37-87-73(82)83)69(110)98-38-20-32-58(98)68(109)90-49(59(75)100)27-14-15-33-74/h5-13,21-26,43-44,49-58H,14-20,27-42,74H2,1-4H3,(H2,75,100)(H,88,102)(H,89,99)(H,90,109)(H,91,103)(H,92,105)(H,93,107)(H,94,101)(H,95,104)(H,96,106)(H,97,108)(H4,76,77,84)(H4,78,79,85)(H4,80,81,86)(H4,82,83,87)/t44-,49+,50+,51+,52+,53+,54+,55+,56-,57+,58+/m1/s1. The SMILES string of the molecule is CC(=O)N[C@@H](Cc1ccccc1)C(=O)N[C@@H](Cc1ccccc1)C(=O)N[C@H](Cc1ccccc1)C(=O)N[C@@H](CCCN=C(N)N)C(=O)N[C@@H](CC(C)C)C(=O)N[C@@H](CCCN=C(N)N)C(=O)N[C@@H](CCCN=C(N)N)C(=O)N[C@H](C)C(=O)N[C@@H](CCCN=C(N)N)C(=O)N1CCC[C@H]1C(=O)N[C@@H](CCCCN)C(N)=O. The van der Waals surface area contributed by atoms with Crippen molar-refractivity contribution in [2.45, 2.75) is 203 Å². The van der Waals surface area contributed by atoms with E-state index in [0.717, 1.165) is 5.56 Å². The van der Waals surface area contributed by atoms with E-state index in [4.69, 9.17) is 57.3 Å². The first-order chi connectivity index (χ1) is 52.3. The van der Waals surface area contributed by atoms with Gasteiger partial charge in [0.25, 0.3) is 0 Å². The van der Waals surface area contributed by atoms with E-state index in [0.29, 0.717) is 36.9 Å². The second-order valence-corrected chi connectivity index (χ2v) is 27.3. The number of rotatable bonds is 49. The van der Waals surface area contributed by atoms with Crippen LogP contribution in [0.3, 0.4) is 0 Å². The van der Waals surface area contributed by atoms with E-state index < -0.39 is 137 Å². The highest BCUT2D eigenvalue weighted by Crippen LogP contribution is 2.21. The molecule has 0 bridgehead atoms. The number of nitrogens with two attached hydrogens (primary N) is 10. The summed E-state index contributed by atoms with van der Waals surface area (Å²) in [5.74, 6) is -10.5. The average molecular weight is 1530 g/mol. The summed E-state index contributed by atoms with van der Waals surface area (Å²) in [6, 6.07) is 12.0. The van der Waals surface area contributed by atoms with Crippen molar-refractivity contribution in [2.75, 3.05) is 39.3 Å². The van der Waals surface area contributed by atoms with Crippen molar-refractivity contribution in [2.24, 2.45) is 83.2 Å². The highest BCUT2D eigenvalue weighted by molar-refractivity contribution is 5.99. The van der Waals surface area contributed by atoms with Crippen LogP contribution in [0.5, 0.6) is 0 Å². The molecule has 1 saturated heterocycles. The minimum absolute atomic E-state index is 0.00528. The average Bonchev–Trinajstić information content (AvgIpc) is 1.62. The number of carbonyl (C=O) groups is 12. The molecule has 12 amide bonds. The second-order valence-electron chi connectivity index (χ2n) is 27.3. The smallest absolute Gasteiger partial charge is 0.245 e. The second kappa shape index (κ2) is 48.6. The summed E-state index contributed by atoms with van der Waals surface area (Å²) in [5.41, 5.74) is 58.2. The molecule has 0 aromatic heterocycles. The molecule has 1 aliphatic rings. The van der Waals surface area contributed by atoms with E-state index in [1.54, 1.807) is 105 Å². The number of unbranched alkanes of at least 4 members (excludes halogenated alkanes) is 1. The molecule has 1 aliphatic heterocycles. The molecule has 0 radical (unpaired) electrons. The Balaban J connectivity index is 1.66. The number of amides is 12. The van der Waals surface area contributed by atoms with Gasteiger partial charge in [-0.3, -0.25) is 77.5 Å². The number of primary amides is 1. The number of carbonyl (C=O) groups excluding carboxylic acids is 12. The first-order valence-corrected chi connectivity index (χ1v) is 37.0. The molecule has 604 valence electrons. The summed E-state index contributed by atoms with van der Waals surface area (Å²) in [6.07, 6.45) is 1.77. The van der Waals surface area contributed by atoms with Crippen molar-refractivity contribution in [1.29, 1.82) is 0 Å². The van der Waals surface area contributed by atoms with E-state index in [1.165, 1.54) is 18.7 Å². The Morgan fingerprint density at radius 1 is 0.391 bits per heavy atom. The van der Waals surface area contributed by atoms with Crippen LogP contribution in [-0.2, 0) is 76.8 Å². The molecule has 11 atom stereocenters. The van der Waals surface area contributed by atoms with E-state index in [2.05, 4.69) is 73.1 Å². The molecule has 3 aromatic rings. The number of guanidine groups is 4. The number of hydrogen-bond acceptors (Lipinski definition) is 17. The Bertz CT molecular complexity index is 3610. The third-order valence-corrected chi connectivity index (χ3v) is 17.6. The molecule has 3 aromatic carbocycles. The summed E-state index contributed by atoms with van der Waals surface area (Å²) in [7, 11) is 0. The van der Waals surface area contributed by atoms with Gasteiger partial charge in [0.2, 0.25) is 70.9 Å². The third-order valence-electron chi connectivity index (χ3n) is 17.6. The van der Waals surface area contributed by atoms with E-state index in [1.807, 2.05) is 0 Å². The van der Waals surface area contributed by atoms with Gasteiger partial charge in [-0.25, -0.2) is 0 Å². The van der Waals surface area contributed by atoms with Crippen LogP contribution in [0.4, 0.5) is 0 Å². The summed E-state index contributed by atoms with van der Waals surface area (Å²) >= 11 is 0. The molecule has 37 nitrogen and oxygen atoms in total. The number of aliphatic imine (C=N–C) groups is 4. The maximum Gasteiger partial charge on any atom is 0.245 e. The minimum Gasteiger partial charge on any atom is -0.370 e. The molecule has 1 fully saturated rings. The Morgan fingerprint density at radius 2 is 0.718 bits per heavy atom.